The second kappa shape index (κ2) is 9.23. The lowest BCUT2D eigenvalue weighted by Crippen LogP contribution is -2.39. The van der Waals surface area contributed by atoms with Crippen LogP contribution < -0.4 is 15.0 Å². The summed E-state index contributed by atoms with van der Waals surface area (Å²) in [6.45, 7) is 4.19. The summed E-state index contributed by atoms with van der Waals surface area (Å²) in [5.41, 5.74) is 4.00. The highest BCUT2D eigenvalue weighted by Crippen LogP contribution is 2.48. The summed E-state index contributed by atoms with van der Waals surface area (Å²) in [6.07, 6.45) is 1.17. The summed E-state index contributed by atoms with van der Waals surface area (Å²) in [4.78, 5) is 28.8. The summed E-state index contributed by atoms with van der Waals surface area (Å²) in [7, 11) is 0. The minimum absolute atomic E-state index is 0.0334. The second-order valence-corrected chi connectivity index (χ2v) is 10.3. The quantitative estimate of drug-likeness (QED) is 0.334. The van der Waals surface area contributed by atoms with E-state index in [0.29, 0.717) is 22.8 Å². The molecule has 1 aliphatic heterocycles. The van der Waals surface area contributed by atoms with Gasteiger partial charge in [-0.15, -0.1) is 0 Å². The molecule has 6 heteroatoms. The van der Waals surface area contributed by atoms with Crippen LogP contribution in [-0.4, -0.2) is 18.3 Å². The summed E-state index contributed by atoms with van der Waals surface area (Å²) < 4.78 is 5.65. The van der Waals surface area contributed by atoms with Gasteiger partial charge in [0.1, 0.15) is 12.3 Å². The molecule has 0 unspecified atom stereocenters. The van der Waals surface area contributed by atoms with E-state index in [4.69, 9.17) is 16.3 Å². The predicted octanol–water partition coefficient (Wildman–Crippen LogP) is 6.56. The molecule has 0 aromatic heterocycles. The third-order valence-electron chi connectivity index (χ3n) is 6.46. The molecule has 3 aromatic rings. The first-order valence-corrected chi connectivity index (χ1v) is 12.1. The number of hydrogen-bond acceptors (Lipinski definition) is 5. The number of allylic oxidation sites excluding steroid dienone is 1. The van der Waals surface area contributed by atoms with Gasteiger partial charge < -0.3 is 15.0 Å². The fraction of sp³-hybridized carbons (Fsp3) is 0.241. The van der Waals surface area contributed by atoms with Crippen molar-refractivity contribution in [3.8, 4) is 5.75 Å². The Balaban J connectivity index is 1.64. The Kier molecular flexibility index (Phi) is 6.12. The third kappa shape index (κ3) is 4.82. The number of carbonyl (C=O) groups excluding carboxylic acids is 2. The van der Waals surface area contributed by atoms with E-state index in [1.54, 1.807) is 12.1 Å². The van der Waals surface area contributed by atoms with Crippen LogP contribution in [0.1, 0.15) is 38.3 Å². The van der Waals surface area contributed by atoms with Gasteiger partial charge in [0.15, 0.2) is 5.78 Å². The highest BCUT2D eigenvalue weighted by Gasteiger charge is 2.42. The van der Waals surface area contributed by atoms with Gasteiger partial charge in [0.25, 0.3) is 0 Å². The van der Waals surface area contributed by atoms with Gasteiger partial charge in [0.05, 0.1) is 17.4 Å². The van der Waals surface area contributed by atoms with Crippen LogP contribution in [0.4, 0.5) is 11.4 Å². The van der Waals surface area contributed by atoms with Gasteiger partial charge >= 0.3 is 5.97 Å². The fourth-order valence-electron chi connectivity index (χ4n) is 5.01. The number of carbonyl (C=O) groups is 2. The molecule has 0 bridgehead atoms. The number of ketones is 1. The smallest absolute Gasteiger partial charge is 0.330 e. The molecule has 1 heterocycles. The zero-order valence-corrected chi connectivity index (χ0v) is 20.5. The number of nitrogens with zero attached hydrogens (tertiary/aromatic N) is 1. The van der Waals surface area contributed by atoms with Crippen molar-refractivity contribution >= 4 is 34.7 Å². The number of benzene rings is 3. The Morgan fingerprint density at radius 2 is 1.69 bits per heavy atom. The number of ether oxygens (including phenoxy) is 1. The molecule has 1 atom stereocenters. The van der Waals surface area contributed by atoms with Gasteiger partial charge in [-0.2, -0.15) is 0 Å². The van der Waals surface area contributed by atoms with Crippen LogP contribution in [0.3, 0.4) is 0 Å². The lowest BCUT2D eigenvalue weighted by molar-refractivity contribution is -0.133. The van der Waals surface area contributed by atoms with E-state index in [-0.39, 0.29) is 17.7 Å². The zero-order valence-electron chi connectivity index (χ0n) is 19.8. The van der Waals surface area contributed by atoms with E-state index in [2.05, 4.69) is 19.2 Å². The van der Waals surface area contributed by atoms with Gasteiger partial charge in [0.2, 0.25) is 0 Å². The average Bonchev–Trinajstić information content (AvgIpc) is 2.94. The molecular formula is C29H27ClN2O3. The number of esters is 1. The maximum atomic E-state index is 13.7. The summed E-state index contributed by atoms with van der Waals surface area (Å²) >= 11 is 6.20. The van der Waals surface area contributed by atoms with Crippen molar-refractivity contribution in [1.82, 2.24) is 0 Å². The second-order valence-electron chi connectivity index (χ2n) is 9.84. The maximum Gasteiger partial charge on any atom is 0.330 e. The summed E-state index contributed by atoms with van der Waals surface area (Å²) in [5, 5.41) is 4.16. The van der Waals surface area contributed by atoms with Crippen LogP contribution in [0, 0.1) is 5.41 Å². The molecule has 35 heavy (non-hydrogen) atoms. The largest absolute Gasteiger partial charge is 0.425 e. The Labute approximate surface area is 210 Å². The van der Waals surface area contributed by atoms with Crippen molar-refractivity contribution in [2.45, 2.75) is 32.7 Å². The standard InChI is InChI=1S/C29H27ClN2O3/c1-29(2)16-23-27(25(33)17-29)28(19-12-14-20(30)15-13-19)32(24-11-7-6-10-22(24)31-23)18-26(34)35-21-8-4-3-5-9-21/h3-15,28,31H,16-18H2,1-2H3/t28-/m1/s1. The minimum Gasteiger partial charge on any atom is -0.425 e. The maximum absolute atomic E-state index is 13.7. The predicted molar refractivity (Wildman–Crippen MR) is 139 cm³/mol. The summed E-state index contributed by atoms with van der Waals surface area (Å²) in [5.74, 6) is 0.160. The molecule has 0 radical (unpaired) electrons. The van der Waals surface area contributed by atoms with Gasteiger partial charge in [-0.25, -0.2) is 4.79 Å². The SMILES string of the molecule is CC1(C)CC(=O)C2=C(C1)Nc1ccccc1N(CC(=O)Oc1ccccc1)[C@@H]2c1ccc(Cl)cc1. The lowest BCUT2D eigenvalue weighted by Gasteiger charge is -2.37. The van der Waals surface area contributed by atoms with Gasteiger partial charge in [-0.1, -0.05) is 67.9 Å². The Morgan fingerprint density at radius 3 is 2.43 bits per heavy atom. The molecular weight excluding hydrogens is 460 g/mol. The van der Waals surface area contributed by atoms with Gasteiger partial charge in [0, 0.05) is 22.7 Å². The molecule has 1 N–H and O–H groups in total. The Bertz CT molecular complexity index is 1300. The van der Waals surface area contributed by atoms with Crippen LogP contribution in [0.2, 0.25) is 5.02 Å². The number of halogens is 1. The van der Waals surface area contributed by atoms with Crippen molar-refractivity contribution in [1.29, 1.82) is 0 Å². The van der Waals surface area contributed by atoms with Crippen molar-refractivity contribution < 1.29 is 14.3 Å². The lowest BCUT2D eigenvalue weighted by atomic mass is 9.73. The zero-order chi connectivity index (χ0) is 24.6. The number of hydrogen-bond donors (Lipinski definition) is 1. The van der Waals surface area contributed by atoms with Crippen molar-refractivity contribution in [3.63, 3.8) is 0 Å². The van der Waals surface area contributed by atoms with E-state index in [1.807, 2.05) is 71.6 Å². The molecule has 1 aliphatic carbocycles. The topological polar surface area (TPSA) is 58.6 Å². The van der Waals surface area contributed by atoms with E-state index >= 15 is 0 Å². The van der Waals surface area contributed by atoms with Crippen LogP contribution in [-0.2, 0) is 9.59 Å². The fourth-order valence-corrected chi connectivity index (χ4v) is 5.14. The average molecular weight is 487 g/mol. The Hall–Kier alpha value is -3.57. The molecule has 3 aromatic carbocycles. The highest BCUT2D eigenvalue weighted by molar-refractivity contribution is 6.30. The molecule has 5 rings (SSSR count). The number of para-hydroxylation sites is 3. The Morgan fingerprint density at radius 1 is 1.00 bits per heavy atom. The molecule has 0 fully saturated rings. The molecule has 2 aliphatic rings. The number of rotatable bonds is 4. The van der Waals surface area contributed by atoms with Crippen molar-refractivity contribution in [2.24, 2.45) is 5.41 Å². The first kappa shape index (κ1) is 23.2. The molecule has 5 nitrogen and oxygen atoms in total. The molecule has 0 saturated carbocycles. The van der Waals surface area contributed by atoms with Crippen LogP contribution in [0.15, 0.2) is 90.1 Å². The molecule has 0 spiro atoms. The monoisotopic (exact) mass is 486 g/mol. The van der Waals surface area contributed by atoms with Crippen LogP contribution >= 0.6 is 11.6 Å². The van der Waals surface area contributed by atoms with E-state index < -0.39 is 12.0 Å². The molecule has 0 amide bonds. The molecule has 0 saturated heterocycles. The molecule has 178 valence electrons. The summed E-state index contributed by atoms with van der Waals surface area (Å²) in [6, 6.07) is 23.9. The third-order valence-corrected chi connectivity index (χ3v) is 6.72. The van der Waals surface area contributed by atoms with Gasteiger partial charge in [-0.3, -0.25) is 4.79 Å². The highest BCUT2D eigenvalue weighted by atomic mass is 35.5. The number of nitrogens with one attached hydrogen (secondary N) is 1. The first-order chi connectivity index (χ1) is 16.8. The van der Waals surface area contributed by atoms with Gasteiger partial charge in [-0.05, 0) is 53.8 Å². The minimum atomic E-state index is -0.467. The number of anilines is 2. The van der Waals surface area contributed by atoms with E-state index in [0.717, 1.165) is 29.1 Å². The van der Waals surface area contributed by atoms with Crippen molar-refractivity contribution in [2.75, 3.05) is 16.8 Å². The normalized spacial score (nSPS) is 18.8. The van der Waals surface area contributed by atoms with Crippen molar-refractivity contribution in [3.05, 3.63) is 101 Å². The van der Waals surface area contributed by atoms with E-state index in [9.17, 15) is 9.59 Å². The number of fused-ring (bicyclic) bond motifs is 1. The van der Waals surface area contributed by atoms with Crippen LogP contribution in [0.5, 0.6) is 5.75 Å². The van der Waals surface area contributed by atoms with Crippen LogP contribution in [0.25, 0.3) is 0 Å². The first-order valence-electron chi connectivity index (χ1n) is 11.7. The van der Waals surface area contributed by atoms with E-state index in [1.165, 1.54) is 0 Å². The number of Topliss-reactive ketones (excluding diaryl/α,β-unsaturated/α-hetero) is 1.